The molecular formula is C10H13NO4S. The van der Waals surface area contributed by atoms with Crippen molar-refractivity contribution < 1.29 is 18.3 Å². The Morgan fingerprint density at radius 1 is 1.31 bits per heavy atom. The van der Waals surface area contributed by atoms with Crippen LogP contribution in [-0.2, 0) is 14.6 Å². The van der Waals surface area contributed by atoms with E-state index in [0.717, 1.165) is 6.26 Å². The van der Waals surface area contributed by atoms with Gasteiger partial charge in [0.15, 0.2) is 9.84 Å². The molecule has 16 heavy (non-hydrogen) atoms. The predicted molar refractivity (Wildman–Crippen MR) is 59.9 cm³/mol. The lowest BCUT2D eigenvalue weighted by Crippen LogP contribution is -2.12. The van der Waals surface area contributed by atoms with Crippen molar-refractivity contribution in [2.24, 2.45) is 0 Å². The van der Waals surface area contributed by atoms with Gasteiger partial charge in [0.2, 0.25) is 5.91 Å². The van der Waals surface area contributed by atoms with Gasteiger partial charge in [-0.15, -0.1) is 0 Å². The molecule has 0 aliphatic heterocycles. The SMILES string of the molecule is CS(=O)(=O)c1ccc(NC(=O)CCO)cc1. The Kier molecular flexibility index (Phi) is 4.03. The molecule has 0 fully saturated rings. The molecule has 0 saturated heterocycles. The molecule has 0 spiro atoms. The molecule has 5 nitrogen and oxygen atoms in total. The van der Waals surface area contributed by atoms with E-state index >= 15 is 0 Å². The summed E-state index contributed by atoms with van der Waals surface area (Å²) in [5, 5.41) is 11.1. The molecule has 1 aromatic carbocycles. The maximum Gasteiger partial charge on any atom is 0.226 e. The molecule has 0 bridgehead atoms. The summed E-state index contributed by atoms with van der Waals surface area (Å²) in [6.45, 7) is -0.215. The van der Waals surface area contributed by atoms with Crippen LogP contribution in [0, 0.1) is 0 Å². The molecule has 0 atom stereocenters. The molecule has 1 amide bonds. The average Bonchev–Trinajstić information content (AvgIpc) is 2.17. The summed E-state index contributed by atoms with van der Waals surface area (Å²) in [7, 11) is -3.21. The van der Waals surface area contributed by atoms with Crippen LogP contribution in [0.2, 0.25) is 0 Å². The molecule has 0 heterocycles. The van der Waals surface area contributed by atoms with Crippen molar-refractivity contribution >= 4 is 21.4 Å². The minimum atomic E-state index is -3.21. The number of aliphatic hydroxyl groups is 1. The quantitative estimate of drug-likeness (QED) is 0.802. The summed E-state index contributed by atoms with van der Waals surface area (Å²) in [6.07, 6.45) is 1.14. The van der Waals surface area contributed by atoms with Gasteiger partial charge in [0.25, 0.3) is 0 Å². The van der Waals surface area contributed by atoms with E-state index in [2.05, 4.69) is 5.32 Å². The van der Waals surface area contributed by atoms with Crippen LogP contribution in [0.15, 0.2) is 29.2 Å². The topological polar surface area (TPSA) is 83.5 Å². The predicted octanol–water partition coefficient (Wildman–Crippen LogP) is 0.411. The monoisotopic (exact) mass is 243 g/mol. The number of hydrogen-bond acceptors (Lipinski definition) is 4. The number of nitrogens with one attached hydrogen (secondary N) is 1. The van der Waals surface area contributed by atoms with Gasteiger partial charge in [-0.2, -0.15) is 0 Å². The van der Waals surface area contributed by atoms with Gasteiger partial charge in [-0.05, 0) is 24.3 Å². The Morgan fingerprint density at radius 3 is 2.31 bits per heavy atom. The second-order valence-corrected chi connectivity index (χ2v) is 5.33. The first-order valence-electron chi connectivity index (χ1n) is 4.64. The largest absolute Gasteiger partial charge is 0.396 e. The van der Waals surface area contributed by atoms with Crippen LogP contribution in [0.1, 0.15) is 6.42 Å². The zero-order chi connectivity index (χ0) is 12.2. The van der Waals surface area contributed by atoms with Crippen molar-refractivity contribution in [1.82, 2.24) is 0 Å². The second kappa shape index (κ2) is 5.09. The smallest absolute Gasteiger partial charge is 0.226 e. The summed E-state index contributed by atoms with van der Waals surface area (Å²) in [5.74, 6) is -0.311. The molecule has 0 unspecified atom stereocenters. The number of amides is 1. The van der Waals surface area contributed by atoms with Gasteiger partial charge >= 0.3 is 0 Å². The average molecular weight is 243 g/mol. The highest BCUT2D eigenvalue weighted by molar-refractivity contribution is 7.90. The number of rotatable bonds is 4. The normalized spacial score (nSPS) is 11.1. The van der Waals surface area contributed by atoms with Crippen LogP contribution in [-0.4, -0.2) is 32.3 Å². The molecule has 0 aromatic heterocycles. The van der Waals surface area contributed by atoms with Crippen molar-refractivity contribution in [2.45, 2.75) is 11.3 Å². The number of benzene rings is 1. The summed E-state index contributed by atoms with van der Waals surface area (Å²) in [5.41, 5.74) is 0.505. The van der Waals surface area contributed by atoms with Gasteiger partial charge in [-0.3, -0.25) is 4.79 Å². The molecule has 0 aliphatic rings. The van der Waals surface area contributed by atoms with Crippen molar-refractivity contribution in [3.8, 4) is 0 Å². The number of anilines is 1. The molecular weight excluding hydrogens is 230 g/mol. The zero-order valence-corrected chi connectivity index (χ0v) is 9.62. The van der Waals surface area contributed by atoms with E-state index < -0.39 is 9.84 Å². The Balaban J connectivity index is 2.76. The molecule has 88 valence electrons. The van der Waals surface area contributed by atoms with Crippen LogP contribution in [0.25, 0.3) is 0 Å². The fourth-order valence-corrected chi connectivity index (χ4v) is 1.74. The molecule has 0 radical (unpaired) electrons. The third-order valence-corrected chi connectivity index (χ3v) is 3.03. The minimum Gasteiger partial charge on any atom is -0.396 e. The molecule has 6 heteroatoms. The van der Waals surface area contributed by atoms with E-state index in [1.54, 1.807) is 0 Å². The Hall–Kier alpha value is -1.40. The Bertz CT molecular complexity index is 464. The molecule has 0 saturated carbocycles. The van der Waals surface area contributed by atoms with Gasteiger partial charge in [0.05, 0.1) is 17.9 Å². The van der Waals surface area contributed by atoms with Crippen molar-refractivity contribution in [1.29, 1.82) is 0 Å². The van der Waals surface area contributed by atoms with E-state index in [1.165, 1.54) is 24.3 Å². The van der Waals surface area contributed by atoms with Gasteiger partial charge in [-0.25, -0.2) is 8.42 Å². The van der Waals surface area contributed by atoms with Crippen molar-refractivity contribution in [2.75, 3.05) is 18.2 Å². The molecule has 0 aliphatic carbocycles. The summed E-state index contributed by atoms with van der Waals surface area (Å²) >= 11 is 0. The third kappa shape index (κ3) is 3.63. The van der Waals surface area contributed by atoms with Crippen LogP contribution < -0.4 is 5.32 Å². The van der Waals surface area contributed by atoms with Crippen LogP contribution in [0.4, 0.5) is 5.69 Å². The lowest BCUT2D eigenvalue weighted by atomic mass is 10.3. The second-order valence-electron chi connectivity index (χ2n) is 3.32. The highest BCUT2D eigenvalue weighted by Crippen LogP contribution is 2.13. The van der Waals surface area contributed by atoms with E-state index in [1.807, 2.05) is 0 Å². The van der Waals surface area contributed by atoms with Gasteiger partial charge in [0, 0.05) is 11.9 Å². The van der Waals surface area contributed by atoms with Crippen LogP contribution >= 0.6 is 0 Å². The maximum absolute atomic E-state index is 11.1. The van der Waals surface area contributed by atoms with E-state index in [4.69, 9.17) is 5.11 Å². The van der Waals surface area contributed by atoms with Gasteiger partial charge in [-0.1, -0.05) is 0 Å². The van der Waals surface area contributed by atoms with Gasteiger partial charge < -0.3 is 10.4 Å². The standard InChI is InChI=1S/C10H13NO4S/c1-16(14,15)9-4-2-8(3-5-9)11-10(13)6-7-12/h2-5,12H,6-7H2,1H3,(H,11,13). The van der Waals surface area contributed by atoms with Gasteiger partial charge in [0.1, 0.15) is 0 Å². The van der Waals surface area contributed by atoms with E-state index in [9.17, 15) is 13.2 Å². The van der Waals surface area contributed by atoms with E-state index in [0.29, 0.717) is 5.69 Å². The number of sulfone groups is 1. The fraction of sp³-hybridized carbons (Fsp3) is 0.300. The number of carbonyl (C=O) groups is 1. The highest BCUT2D eigenvalue weighted by Gasteiger charge is 2.07. The zero-order valence-electron chi connectivity index (χ0n) is 8.80. The Morgan fingerprint density at radius 2 is 1.88 bits per heavy atom. The van der Waals surface area contributed by atoms with Crippen LogP contribution in [0.5, 0.6) is 0 Å². The lowest BCUT2D eigenvalue weighted by Gasteiger charge is -2.04. The summed E-state index contributed by atoms with van der Waals surface area (Å²) in [6, 6.07) is 5.85. The van der Waals surface area contributed by atoms with E-state index in [-0.39, 0.29) is 23.8 Å². The van der Waals surface area contributed by atoms with Crippen molar-refractivity contribution in [3.05, 3.63) is 24.3 Å². The summed E-state index contributed by atoms with van der Waals surface area (Å²) in [4.78, 5) is 11.3. The Labute approximate surface area is 94.0 Å². The molecule has 1 aromatic rings. The van der Waals surface area contributed by atoms with Crippen molar-refractivity contribution in [3.63, 3.8) is 0 Å². The maximum atomic E-state index is 11.1. The number of hydrogen-bond donors (Lipinski definition) is 2. The first-order valence-corrected chi connectivity index (χ1v) is 6.53. The van der Waals surface area contributed by atoms with Crippen LogP contribution in [0.3, 0.4) is 0 Å². The summed E-state index contributed by atoms with van der Waals surface area (Å²) < 4.78 is 22.3. The lowest BCUT2D eigenvalue weighted by molar-refractivity contribution is -0.116. The number of carbonyl (C=O) groups excluding carboxylic acids is 1. The molecule has 2 N–H and O–H groups in total. The fourth-order valence-electron chi connectivity index (χ4n) is 1.11. The molecule has 1 rings (SSSR count). The number of aliphatic hydroxyl groups excluding tert-OH is 1. The third-order valence-electron chi connectivity index (χ3n) is 1.91. The minimum absolute atomic E-state index is 0.0217. The first kappa shape index (κ1) is 12.7. The first-order chi connectivity index (χ1) is 7.43. The highest BCUT2D eigenvalue weighted by atomic mass is 32.2.